The first-order valence-electron chi connectivity index (χ1n) is 9.31. The van der Waals surface area contributed by atoms with Crippen LogP contribution >= 0.6 is 11.6 Å². The van der Waals surface area contributed by atoms with Crippen LogP contribution in [-0.4, -0.2) is 36.5 Å². The summed E-state index contributed by atoms with van der Waals surface area (Å²) in [6.07, 6.45) is 4.16. The summed E-state index contributed by atoms with van der Waals surface area (Å²) in [7, 11) is 0. The molecule has 0 bridgehead atoms. The van der Waals surface area contributed by atoms with Crippen molar-refractivity contribution in [2.24, 2.45) is 5.92 Å². The van der Waals surface area contributed by atoms with E-state index in [1.165, 1.54) is 0 Å². The van der Waals surface area contributed by atoms with E-state index in [4.69, 9.17) is 11.6 Å². The SMILES string of the molecule is CC(C)(C)NC(=O)CNC1CCC(CNC(=O)c2cccc(Cl)c2)CC1. The Labute approximate surface area is 161 Å². The van der Waals surface area contributed by atoms with Crippen LogP contribution in [-0.2, 0) is 4.79 Å². The van der Waals surface area contributed by atoms with E-state index < -0.39 is 0 Å². The van der Waals surface area contributed by atoms with E-state index >= 15 is 0 Å². The zero-order chi connectivity index (χ0) is 19.2. The van der Waals surface area contributed by atoms with Gasteiger partial charge >= 0.3 is 0 Å². The van der Waals surface area contributed by atoms with Crippen LogP contribution in [0.4, 0.5) is 0 Å². The monoisotopic (exact) mass is 379 g/mol. The largest absolute Gasteiger partial charge is 0.352 e. The van der Waals surface area contributed by atoms with Gasteiger partial charge in [0, 0.05) is 28.7 Å². The van der Waals surface area contributed by atoms with Gasteiger partial charge in [-0.25, -0.2) is 0 Å². The van der Waals surface area contributed by atoms with Gasteiger partial charge in [-0.1, -0.05) is 17.7 Å². The van der Waals surface area contributed by atoms with Crippen LogP contribution in [0.15, 0.2) is 24.3 Å². The molecule has 1 aromatic rings. The summed E-state index contributed by atoms with van der Waals surface area (Å²) < 4.78 is 0. The summed E-state index contributed by atoms with van der Waals surface area (Å²) >= 11 is 5.93. The zero-order valence-electron chi connectivity index (χ0n) is 15.9. The molecule has 0 spiro atoms. The molecule has 0 radical (unpaired) electrons. The minimum atomic E-state index is -0.197. The van der Waals surface area contributed by atoms with E-state index in [0.29, 0.717) is 35.6 Å². The van der Waals surface area contributed by atoms with E-state index in [1.807, 2.05) is 20.8 Å². The third kappa shape index (κ3) is 7.34. The molecule has 5 nitrogen and oxygen atoms in total. The number of carbonyl (C=O) groups is 2. The molecule has 144 valence electrons. The van der Waals surface area contributed by atoms with Crippen molar-refractivity contribution in [3.8, 4) is 0 Å². The first kappa shape index (κ1) is 20.7. The predicted octanol–water partition coefficient (Wildman–Crippen LogP) is 3.13. The van der Waals surface area contributed by atoms with Gasteiger partial charge in [-0.2, -0.15) is 0 Å². The molecule has 3 N–H and O–H groups in total. The van der Waals surface area contributed by atoms with Crippen molar-refractivity contribution in [2.75, 3.05) is 13.1 Å². The number of rotatable bonds is 6. The average molecular weight is 380 g/mol. The topological polar surface area (TPSA) is 70.2 Å². The molecule has 0 unspecified atom stereocenters. The van der Waals surface area contributed by atoms with Crippen molar-refractivity contribution >= 4 is 23.4 Å². The van der Waals surface area contributed by atoms with Crippen molar-refractivity contribution in [3.63, 3.8) is 0 Å². The lowest BCUT2D eigenvalue weighted by Gasteiger charge is -2.29. The summed E-state index contributed by atoms with van der Waals surface area (Å²) in [6.45, 7) is 6.98. The fourth-order valence-corrected chi connectivity index (χ4v) is 3.43. The molecule has 1 aliphatic rings. The van der Waals surface area contributed by atoms with Gasteiger partial charge in [0.15, 0.2) is 0 Å². The smallest absolute Gasteiger partial charge is 0.251 e. The lowest BCUT2D eigenvalue weighted by Crippen LogP contribution is -2.47. The molecule has 1 aliphatic carbocycles. The summed E-state index contributed by atoms with van der Waals surface area (Å²) in [5, 5.41) is 9.88. The Balaban J connectivity index is 1.65. The van der Waals surface area contributed by atoms with Gasteiger partial charge in [0.05, 0.1) is 6.54 Å². The molecule has 2 rings (SSSR count). The van der Waals surface area contributed by atoms with Gasteiger partial charge < -0.3 is 16.0 Å². The van der Waals surface area contributed by atoms with Gasteiger partial charge in [0.2, 0.25) is 5.91 Å². The summed E-state index contributed by atoms with van der Waals surface area (Å²) in [5.41, 5.74) is 0.398. The second kappa shape index (κ2) is 9.38. The zero-order valence-corrected chi connectivity index (χ0v) is 16.7. The Kier molecular flexibility index (Phi) is 7.47. The Bertz CT molecular complexity index is 620. The molecule has 26 heavy (non-hydrogen) atoms. The Morgan fingerprint density at radius 2 is 1.85 bits per heavy atom. The molecule has 2 amide bonds. The highest BCUT2D eigenvalue weighted by Crippen LogP contribution is 2.23. The minimum Gasteiger partial charge on any atom is -0.352 e. The van der Waals surface area contributed by atoms with Crippen molar-refractivity contribution in [3.05, 3.63) is 34.9 Å². The maximum atomic E-state index is 12.2. The number of hydrogen-bond acceptors (Lipinski definition) is 3. The fraction of sp³-hybridized carbons (Fsp3) is 0.600. The lowest BCUT2D eigenvalue weighted by atomic mass is 9.86. The van der Waals surface area contributed by atoms with Crippen LogP contribution in [0.1, 0.15) is 56.8 Å². The van der Waals surface area contributed by atoms with Crippen LogP contribution in [0.3, 0.4) is 0 Å². The number of carbonyl (C=O) groups excluding carboxylic acids is 2. The van der Waals surface area contributed by atoms with Crippen LogP contribution in [0.2, 0.25) is 5.02 Å². The number of nitrogens with one attached hydrogen (secondary N) is 3. The van der Waals surface area contributed by atoms with Gasteiger partial charge in [-0.3, -0.25) is 9.59 Å². The van der Waals surface area contributed by atoms with E-state index in [9.17, 15) is 9.59 Å². The molecule has 0 aliphatic heterocycles. The van der Waals surface area contributed by atoms with Crippen LogP contribution < -0.4 is 16.0 Å². The van der Waals surface area contributed by atoms with Crippen LogP contribution in [0.5, 0.6) is 0 Å². The van der Waals surface area contributed by atoms with Gasteiger partial charge in [0.25, 0.3) is 5.91 Å². The molecule has 1 aromatic carbocycles. The highest BCUT2D eigenvalue weighted by Gasteiger charge is 2.22. The first-order chi connectivity index (χ1) is 12.2. The van der Waals surface area contributed by atoms with E-state index in [0.717, 1.165) is 25.7 Å². The maximum Gasteiger partial charge on any atom is 0.251 e. The second-order valence-electron chi connectivity index (χ2n) is 8.12. The van der Waals surface area contributed by atoms with Crippen molar-refractivity contribution in [2.45, 2.75) is 58.0 Å². The molecule has 0 saturated heterocycles. The minimum absolute atomic E-state index is 0.0356. The Morgan fingerprint density at radius 1 is 1.15 bits per heavy atom. The number of halogens is 1. The van der Waals surface area contributed by atoms with Crippen LogP contribution in [0.25, 0.3) is 0 Å². The summed E-state index contributed by atoms with van der Waals surface area (Å²) in [4.78, 5) is 24.0. The van der Waals surface area contributed by atoms with Gasteiger partial charge in [-0.05, 0) is 70.6 Å². The third-order valence-electron chi connectivity index (χ3n) is 4.55. The summed E-state index contributed by atoms with van der Waals surface area (Å²) in [6, 6.07) is 7.36. The van der Waals surface area contributed by atoms with Gasteiger partial charge in [-0.15, -0.1) is 0 Å². The molecular weight excluding hydrogens is 350 g/mol. The quantitative estimate of drug-likeness (QED) is 0.711. The molecule has 1 fully saturated rings. The lowest BCUT2D eigenvalue weighted by molar-refractivity contribution is -0.121. The van der Waals surface area contributed by atoms with E-state index in [2.05, 4.69) is 16.0 Å². The second-order valence-corrected chi connectivity index (χ2v) is 8.55. The molecular formula is C20H30ClN3O2. The fourth-order valence-electron chi connectivity index (χ4n) is 3.24. The molecule has 0 aromatic heterocycles. The maximum absolute atomic E-state index is 12.2. The van der Waals surface area contributed by atoms with E-state index in [-0.39, 0.29) is 17.4 Å². The van der Waals surface area contributed by atoms with Crippen molar-refractivity contribution < 1.29 is 9.59 Å². The molecule has 0 heterocycles. The average Bonchev–Trinajstić information content (AvgIpc) is 2.57. The highest BCUT2D eigenvalue weighted by atomic mass is 35.5. The third-order valence-corrected chi connectivity index (χ3v) is 4.79. The number of benzene rings is 1. The summed E-state index contributed by atoms with van der Waals surface area (Å²) in [5.74, 6) is 0.444. The van der Waals surface area contributed by atoms with Crippen LogP contribution in [0, 0.1) is 5.92 Å². The number of hydrogen-bond donors (Lipinski definition) is 3. The Morgan fingerprint density at radius 3 is 2.46 bits per heavy atom. The van der Waals surface area contributed by atoms with E-state index in [1.54, 1.807) is 24.3 Å². The highest BCUT2D eigenvalue weighted by molar-refractivity contribution is 6.30. The predicted molar refractivity (Wildman–Crippen MR) is 105 cm³/mol. The van der Waals surface area contributed by atoms with Crippen molar-refractivity contribution in [1.82, 2.24) is 16.0 Å². The standard InChI is InChI=1S/C20H30ClN3O2/c1-20(2,3)24-18(25)13-22-17-9-7-14(8-10-17)12-23-19(26)15-5-4-6-16(21)11-15/h4-6,11,14,17,22H,7-10,12-13H2,1-3H3,(H,23,26)(H,24,25). The first-order valence-corrected chi connectivity index (χ1v) is 9.69. The van der Waals surface area contributed by atoms with Crippen molar-refractivity contribution in [1.29, 1.82) is 0 Å². The number of amides is 2. The Hall–Kier alpha value is -1.59. The van der Waals surface area contributed by atoms with Gasteiger partial charge in [0.1, 0.15) is 0 Å². The molecule has 1 saturated carbocycles. The molecule has 6 heteroatoms. The molecule has 0 atom stereocenters. The normalized spacial score (nSPS) is 20.5.